The molecule has 0 aliphatic rings. The van der Waals surface area contributed by atoms with Crippen LogP contribution in [0.15, 0.2) is 23.8 Å². The first-order chi connectivity index (χ1) is 3.41. The van der Waals surface area contributed by atoms with Crippen LogP contribution in [-0.2, 0) is 4.79 Å². The Kier molecular flexibility index (Phi) is 5.00. The summed E-state index contributed by atoms with van der Waals surface area (Å²) in [6.45, 7) is 0. The van der Waals surface area contributed by atoms with Crippen molar-refractivity contribution in [2.24, 2.45) is 0 Å². The molecule has 0 saturated carbocycles. The van der Waals surface area contributed by atoms with Crippen molar-refractivity contribution in [1.82, 2.24) is 0 Å². The second-order valence-electron chi connectivity index (χ2n) is 0.839. The summed E-state index contributed by atoms with van der Waals surface area (Å²) in [5.41, 5.74) is 1.33. The largest absolute Gasteiger partial charge is 0.299 e. The molecule has 0 aromatic heterocycles. The SMILES string of the molecule is O=C/C=C/C=C\Cl. The van der Waals surface area contributed by atoms with Crippen LogP contribution in [0, 0.1) is 0 Å². The van der Waals surface area contributed by atoms with Gasteiger partial charge in [-0.3, -0.25) is 4.79 Å². The van der Waals surface area contributed by atoms with Gasteiger partial charge in [-0.1, -0.05) is 23.8 Å². The van der Waals surface area contributed by atoms with Crippen molar-refractivity contribution in [1.29, 1.82) is 0 Å². The molecule has 0 heterocycles. The van der Waals surface area contributed by atoms with Gasteiger partial charge >= 0.3 is 0 Å². The molecular weight excluding hydrogens is 112 g/mol. The van der Waals surface area contributed by atoms with E-state index in [9.17, 15) is 4.79 Å². The predicted molar refractivity (Wildman–Crippen MR) is 30.2 cm³/mol. The third kappa shape index (κ3) is 5.44. The fourth-order valence-corrected chi connectivity index (χ4v) is 0.235. The Hall–Kier alpha value is -0.560. The molecule has 0 fully saturated rings. The van der Waals surface area contributed by atoms with Gasteiger partial charge in [-0.05, 0) is 6.08 Å². The molecule has 0 atom stereocenters. The van der Waals surface area contributed by atoms with Crippen molar-refractivity contribution in [3.63, 3.8) is 0 Å². The molecule has 0 saturated heterocycles. The van der Waals surface area contributed by atoms with Crippen molar-refractivity contribution in [3.05, 3.63) is 23.8 Å². The van der Waals surface area contributed by atoms with Gasteiger partial charge in [0.25, 0.3) is 0 Å². The number of rotatable bonds is 2. The van der Waals surface area contributed by atoms with Crippen LogP contribution in [0.5, 0.6) is 0 Å². The number of carbonyl (C=O) groups is 1. The number of halogens is 1. The minimum absolute atomic E-state index is 0.691. The van der Waals surface area contributed by atoms with Crippen molar-refractivity contribution in [2.45, 2.75) is 0 Å². The van der Waals surface area contributed by atoms with Gasteiger partial charge in [-0.25, -0.2) is 0 Å². The normalized spacial score (nSPS) is 11.0. The highest BCUT2D eigenvalue weighted by Crippen LogP contribution is 1.77. The van der Waals surface area contributed by atoms with Gasteiger partial charge in [0.2, 0.25) is 0 Å². The first-order valence-corrected chi connectivity index (χ1v) is 2.22. The summed E-state index contributed by atoms with van der Waals surface area (Å²) in [5.74, 6) is 0. The van der Waals surface area contributed by atoms with E-state index in [0.717, 1.165) is 0 Å². The van der Waals surface area contributed by atoms with Crippen LogP contribution in [0.25, 0.3) is 0 Å². The van der Waals surface area contributed by atoms with Crippen LogP contribution in [0.2, 0.25) is 0 Å². The summed E-state index contributed by atoms with van der Waals surface area (Å²) in [6, 6.07) is 0. The van der Waals surface area contributed by atoms with Crippen molar-refractivity contribution < 1.29 is 4.79 Å². The van der Waals surface area contributed by atoms with Gasteiger partial charge in [0.05, 0.1) is 0 Å². The Morgan fingerprint density at radius 1 is 1.14 bits per heavy atom. The molecule has 0 aliphatic heterocycles. The maximum Gasteiger partial charge on any atom is 0.142 e. The molecule has 0 N–H and O–H groups in total. The van der Waals surface area contributed by atoms with Crippen molar-refractivity contribution in [2.75, 3.05) is 0 Å². The topological polar surface area (TPSA) is 17.1 Å². The predicted octanol–water partition coefficient (Wildman–Crippen LogP) is 1.49. The molecule has 0 unspecified atom stereocenters. The molecule has 1 nitrogen and oxygen atoms in total. The molecule has 0 bridgehead atoms. The molecule has 38 valence electrons. The second-order valence-corrected chi connectivity index (χ2v) is 1.09. The molecule has 0 rings (SSSR count). The van der Waals surface area contributed by atoms with Gasteiger partial charge < -0.3 is 0 Å². The van der Waals surface area contributed by atoms with Crippen molar-refractivity contribution >= 4 is 17.9 Å². The zero-order valence-electron chi connectivity index (χ0n) is 3.67. The Morgan fingerprint density at radius 2 is 1.86 bits per heavy atom. The summed E-state index contributed by atoms with van der Waals surface area (Å²) in [6.07, 6.45) is 5.17. The summed E-state index contributed by atoms with van der Waals surface area (Å²) in [7, 11) is 0. The van der Waals surface area contributed by atoms with E-state index in [2.05, 4.69) is 0 Å². The van der Waals surface area contributed by atoms with Crippen LogP contribution in [0.3, 0.4) is 0 Å². The summed E-state index contributed by atoms with van der Waals surface area (Å²) in [4.78, 5) is 9.52. The van der Waals surface area contributed by atoms with Gasteiger partial charge in [-0.15, -0.1) is 0 Å². The van der Waals surface area contributed by atoms with E-state index in [-0.39, 0.29) is 0 Å². The lowest BCUT2D eigenvalue weighted by Crippen LogP contribution is -1.53. The third-order valence-electron chi connectivity index (χ3n) is 0.374. The molecule has 0 aliphatic carbocycles. The first kappa shape index (κ1) is 6.44. The number of aldehydes is 1. The van der Waals surface area contributed by atoms with Crippen LogP contribution in [0.4, 0.5) is 0 Å². The molecule has 2 heteroatoms. The smallest absolute Gasteiger partial charge is 0.142 e. The van der Waals surface area contributed by atoms with Crippen LogP contribution >= 0.6 is 11.6 Å². The van der Waals surface area contributed by atoms with Gasteiger partial charge in [0.15, 0.2) is 0 Å². The molecule has 0 aromatic rings. The highest BCUT2D eigenvalue weighted by atomic mass is 35.5. The highest BCUT2D eigenvalue weighted by Gasteiger charge is 1.56. The Morgan fingerprint density at radius 3 is 2.29 bits per heavy atom. The lowest BCUT2D eigenvalue weighted by atomic mass is 10.5. The molecule has 0 radical (unpaired) electrons. The fraction of sp³-hybridized carbons (Fsp3) is 0. The minimum atomic E-state index is 0.691. The third-order valence-corrected chi connectivity index (χ3v) is 0.519. The summed E-state index contributed by atoms with van der Waals surface area (Å²) < 4.78 is 0. The van der Waals surface area contributed by atoms with E-state index < -0.39 is 0 Å². The Labute approximate surface area is 47.3 Å². The quantitative estimate of drug-likeness (QED) is 0.304. The summed E-state index contributed by atoms with van der Waals surface area (Å²) >= 11 is 5.09. The number of hydrogen-bond acceptors (Lipinski definition) is 1. The first-order valence-electron chi connectivity index (χ1n) is 1.79. The monoisotopic (exact) mass is 116 g/mol. The van der Waals surface area contributed by atoms with Gasteiger partial charge in [0, 0.05) is 5.54 Å². The second kappa shape index (κ2) is 5.44. The Bertz CT molecular complexity index is 94.3. The van der Waals surface area contributed by atoms with Gasteiger partial charge in [0.1, 0.15) is 6.29 Å². The Balaban J connectivity index is 3.27. The van der Waals surface area contributed by atoms with Crippen LogP contribution < -0.4 is 0 Å². The average Bonchev–Trinajstić information content (AvgIpc) is 1.69. The van der Waals surface area contributed by atoms with Crippen LogP contribution in [-0.4, -0.2) is 6.29 Å². The van der Waals surface area contributed by atoms with Gasteiger partial charge in [-0.2, -0.15) is 0 Å². The minimum Gasteiger partial charge on any atom is -0.299 e. The average molecular weight is 117 g/mol. The lowest BCUT2D eigenvalue weighted by Gasteiger charge is -1.61. The zero-order valence-corrected chi connectivity index (χ0v) is 4.43. The molecule has 0 aromatic carbocycles. The maximum atomic E-state index is 9.52. The zero-order chi connectivity index (χ0) is 5.54. The number of carbonyl (C=O) groups excluding carboxylic acids is 1. The molecule has 0 spiro atoms. The fourth-order valence-electron chi connectivity index (χ4n) is 0.152. The van der Waals surface area contributed by atoms with E-state index in [1.54, 1.807) is 12.2 Å². The molecule has 0 amide bonds. The van der Waals surface area contributed by atoms with Crippen LogP contribution in [0.1, 0.15) is 0 Å². The number of hydrogen-bond donors (Lipinski definition) is 0. The maximum absolute atomic E-state index is 9.52. The van der Waals surface area contributed by atoms with E-state index in [0.29, 0.717) is 6.29 Å². The van der Waals surface area contributed by atoms with Crippen molar-refractivity contribution in [3.8, 4) is 0 Å². The molecular formula is C5H5ClO. The lowest BCUT2D eigenvalue weighted by molar-refractivity contribution is -0.104. The standard InChI is InChI=1S/C5H5ClO/c6-4-2-1-3-5-7/h1-5H/b3-1+,4-2-. The summed E-state index contributed by atoms with van der Waals surface area (Å²) in [5, 5.41) is 0. The molecule has 7 heavy (non-hydrogen) atoms. The van der Waals surface area contributed by atoms with E-state index in [1.165, 1.54) is 11.6 Å². The van der Waals surface area contributed by atoms with E-state index in [1.807, 2.05) is 0 Å². The van der Waals surface area contributed by atoms with E-state index >= 15 is 0 Å². The highest BCUT2D eigenvalue weighted by molar-refractivity contribution is 6.25. The van der Waals surface area contributed by atoms with E-state index in [4.69, 9.17) is 11.6 Å². The number of allylic oxidation sites excluding steroid dienone is 3.